The molecule has 152 valence electrons. The summed E-state index contributed by atoms with van der Waals surface area (Å²) < 4.78 is 11.5. The van der Waals surface area contributed by atoms with E-state index in [1.165, 1.54) is 0 Å². The molecule has 3 aromatic heterocycles. The number of nitrogens with zero attached hydrogens (tertiary/aromatic N) is 2. The molecule has 5 rings (SSSR count). The number of nitrogens with one attached hydrogen (secondary N) is 1. The third-order valence-corrected chi connectivity index (χ3v) is 5.06. The molecule has 0 saturated heterocycles. The van der Waals surface area contributed by atoms with Crippen molar-refractivity contribution < 1.29 is 13.6 Å². The maximum Gasteiger partial charge on any atom is 0.291 e. The number of aryl methyl sites for hydroxylation is 1. The second kappa shape index (κ2) is 7.74. The fraction of sp³-hybridized carbons (Fsp3) is 0.0417. The van der Waals surface area contributed by atoms with Gasteiger partial charge in [-0.05, 0) is 67.1 Å². The Balaban J connectivity index is 1.36. The number of oxazole rings is 1. The van der Waals surface area contributed by atoms with Gasteiger partial charge in [-0.1, -0.05) is 23.7 Å². The van der Waals surface area contributed by atoms with Crippen molar-refractivity contribution >= 4 is 34.4 Å². The first-order chi connectivity index (χ1) is 15.1. The van der Waals surface area contributed by atoms with Crippen molar-refractivity contribution in [3.05, 3.63) is 89.3 Å². The molecule has 0 saturated carbocycles. The van der Waals surface area contributed by atoms with Crippen molar-refractivity contribution in [1.29, 1.82) is 0 Å². The molecule has 3 heterocycles. The standard InChI is InChI=1S/C24H16ClN3O3/c1-14-12-16(24-28-22-20(31-24)6-3-11-26-22)7-8-18(14)27-23(29)21-10-9-19(30-21)15-4-2-5-17(25)13-15/h2-13H,1H3,(H,27,29). The molecule has 0 radical (unpaired) electrons. The summed E-state index contributed by atoms with van der Waals surface area (Å²) in [5.41, 5.74) is 4.32. The topological polar surface area (TPSA) is 81.2 Å². The zero-order chi connectivity index (χ0) is 21.4. The molecule has 2 aromatic carbocycles. The summed E-state index contributed by atoms with van der Waals surface area (Å²) in [6.07, 6.45) is 1.67. The van der Waals surface area contributed by atoms with Crippen LogP contribution in [0.25, 0.3) is 34.0 Å². The van der Waals surface area contributed by atoms with Crippen molar-refractivity contribution in [3.8, 4) is 22.8 Å². The van der Waals surface area contributed by atoms with Gasteiger partial charge in [-0.2, -0.15) is 4.98 Å². The number of hydrogen-bond acceptors (Lipinski definition) is 5. The molecule has 1 N–H and O–H groups in total. The number of carbonyl (C=O) groups is 1. The molecule has 0 spiro atoms. The quantitative estimate of drug-likeness (QED) is 0.359. The van der Waals surface area contributed by atoms with E-state index in [9.17, 15) is 4.79 Å². The van der Waals surface area contributed by atoms with Gasteiger partial charge in [0.1, 0.15) is 5.76 Å². The number of hydrogen-bond donors (Lipinski definition) is 1. The maximum atomic E-state index is 12.7. The fourth-order valence-corrected chi connectivity index (χ4v) is 3.46. The van der Waals surface area contributed by atoms with E-state index in [1.807, 2.05) is 43.3 Å². The van der Waals surface area contributed by atoms with E-state index in [0.29, 0.717) is 33.6 Å². The van der Waals surface area contributed by atoms with Crippen LogP contribution < -0.4 is 5.32 Å². The molecular formula is C24H16ClN3O3. The SMILES string of the molecule is Cc1cc(-c2nc3ncccc3o2)ccc1NC(=O)c1ccc(-c2cccc(Cl)c2)o1. The number of aromatic nitrogens is 2. The zero-order valence-electron chi connectivity index (χ0n) is 16.4. The van der Waals surface area contributed by atoms with Crippen molar-refractivity contribution in [1.82, 2.24) is 9.97 Å². The minimum Gasteiger partial charge on any atom is -0.451 e. The molecule has 0 aliphatic rings. The highest BCUT2D eigenvalue weighted by atomic mass is 35.5. The summed E-state index contributed by atoms with van der Waals surface area (Å²) in [4.78, 5) is 21.3. The van der Waals surface area contributed by atoms with E-state index in [2.05, 4.69) is 15.3 Å². The Morgan fingerprint density at radius 1 is 0.968 bits per heavy atom. The Hall–Kier alpha value is -3.90. The van der Waals surface area contributed by atoms with Crippen LogP contribution in [-0.4, -0.2) is 15.9 Å². The number of furan rings is 1. The third kappa shape index (κ3) is 3.81. The summed E-state index contributed by atoms with van der Waals surface area (Å²) in [5, 5.41) is 3.49. The van der Waals surface area contributed by atoms with Gasteiger partial charge in [0.25, 0.3) is 5.91 Å². The van der Waals surface area contributed by atoms with Gasteiger partial charge >= 0.3 is 0 Å². The highest BCUT2D eigenvalue weighted by Crippen LogP contribution is 2.28. The predicted octanol–water partition coefficient (Wildman–Crippen LogP) is 6.36. The van der Waals surface area contributed by atoms with Gasteiger partial charge in [-0.15, -0.1) is 0 Å². The van der Waals surface area contributed by atoms with E-state index in [4.69, 9.17) is 20.4 Å². The van der Waals surface area contributed by atoms with Gasteiger partial charge in [0.05, 0.1) is 0 Å². The highest BCUT2D eigenvalue weighted by Gasteiger charge is 2.15. The van der Waals surface area contributed by atoms with Gasteiger partial charge in [0, 0.05) is 28.0 Å². The Morgan fingerprint density at radius 2 is 1.87 bits per heavy atom. The van der Waals surface area contributed by atoms with Crippen LogP contribution in [0.5, 0.6) is 0 Å². The van der Waals surface area contributed by atoms with Crippen LogP contribution >= 0.6 is 11.6 Å². The molecule has 0 aliphatic heterocycles. The van der Waals surface area contributed by atoms with Crippen molar-refractivity contribution in [2.75, 3.05) is 5.32 Å². The molecule has 0 unspecified atom stereocenters. The average molecular weight is 430 g/mol. The van der Waals surface area contributed by atoms with Crippen LogP contribution in [0.2, 0.25) is 5.02 Å². The Bertz CT molecular complexity index is 1390. The molecule has 0 atom stereocenters. The first kappa shape index (κ1) is 19.1. The highest BCUT2D eigenvalue weighted by molar-refractivity contribution is 6.30. The predicted molar refractivity (Wildman–Crippen MR) is 119 cm³/mol. The third-order valence-electron chi connectivity index (χ3n) is 4.83. The number of benzene rings is 2. The lowest BCUT2D eigenvalue weighted by Crippen LogP contribution is -2.11. The van der Waals surface area contributed by atoms with Crippen molar-refractivity contribution in [2.45, 2.75) is 6.92 Å². The molecule has 1 amide bonds. The molecule has 0 bridgehead atoms. The molecule has 5 aromatic rings. The van der Waals surface area contributed by atoms with E-state index in [1.54, 1.807) is 36.5 Å². The molecule has 7 heteroatoms. The van der Waals surface area contributed by atoms with Gasteiger partial charge < -0.3 is 14.2 Å². The Morgan fingerprint density at radius 3 is 2.68 bits per heavy atom. The van der Waals surface area contributed by atoms with Crippen LogP contribution in [0.1, 0.15) is 16.1 Å². The Kier molecular flexibility index (Phi) is 4.76. The van der Waals surface area contributed by atoms with Crippen molar-refractivity contribution in [3.63, 3.8) is 0 Å². The summed E-state index contributed by atoms with van der Waals surface area (Å²) in [6.45, 7) is 1.90. The fourth-order valence-electron chi connectivity index (χ4n) is 3.27. The van der Waals surface area contributed by atoms with Gasteiger partial charge in [-0.25, -0.2) is 4.98 Å². The van der Waals surface area contributed by atoms with E-state index >= 15 is 0 Å². The Labute approximate surface area is 182 Å². The smallest absolute Gasteiger partial charge is 0.291 e. The molecular weight excluding hydrogens is 414 g/mol. The van der Waals surface area contributed by atoms with E-state index in [-0.39, 0.29) is 11.7 Å². The number of fused-ring (bicyclic) bond motifs is 1. The van der Waals surface area contributed by atoms with Gasteiger partial charge in [0.2, 0.25) is 5.89 Å². The van der Waals surface area contributed by atoms with Crippen LogP contribution in [0.3, 0.4) is 0 Å². The first-order valence-corrected chi connectivity index (χ1v) is 9.94. The van der Waals surface area contributed by atoms with Crippen LogP contribution in [0.4, 0.5) is 5.69 Å². The summed E-state index contributed by atoms with van der Waals surface area (Å²) >= 11 is 6.03. The lowest BCUT2D eigenvalue weighted by atomic mass is 10.1. The van der Waals surface area contributed by atoms with E-state index < -0.39 is 0 Å². The summed E-state index contributed by atoms with van der Waals surface area (Å²) in [7, 11) is 0. The minimum atomic E-state index is -0.338. The largest absolute Gasteiger partial charge is 0.451 e. The summed E-state index contributed by atoms with van der Waals surface area (Å²) in [6, 6.07) is 19.8. The monoisotopic (exact) mass is 429 g/mol. The van der Waals surface area contributed by atoms with Gasteiger partial charge in [-0.3, -0.25) is 4.79 Å². The first-order valence-electron chi connectivity index (χ1n) is 9.56. The molecule has 6 nitrogen and oxygen atoms in total. The molecule has 0 aliphatic carbocycles. The van der Waals surface area contributed by atoms with Crippen LogP contribution in [0.15, 0.2) is 81.8 Å². The number of pyridine rings is 1. The number of carbonyl (C=O) groups excluding carboxylic acids is 1. The lowest BCUT2D eigenvalue weighted by molar-refractivity contribution is 0.0997. The second-order valence-corrected chi connectivity index (χ2v) is 7.44. The average Bonchev–Trinajstić information content (AvgIpc) is 3.43. The van der Waals surface area contributed by atoms with Crippen LogP contribution in [-0.2, 0) is 0 Å². The van der Waals surface area contributed by atoms with Crippen LogP contribution in [0, 0.1) is 6.92 Å². The second-order valence-electron chi connectivity index (χ2n) is 7.00. The minimum absolute atomic E-state index is 0.212. The number of amides is 1. The normalized spacial score (nSPS) is 11.0. The summed E-state index contributed by atoms with van der Waals surface area (Å²) in [5.74, 6) is 0.926. The van der Waals surface area contributed by atoms with E-state index in [0.717, 1.165) is 16.7 Å². The number of rotatable bonds is 4. The zero-order valence-corrected chi connectivity index (χ0v) is 17.2. The maximum absolute atomic E-state index is 12.7. The molecule has 31 heavy (non-hydrogen) atoms. The molecule has 0 fully saturated rings. The number of halogens is 1. The number of anilines is 1. The van der Waals surface area contributed by atoms with Crippen molar-refractivity contribution in [2.24, 2.45) is 0 Å². The lowest BCUT2D eigenvalue weighted by Gasteiger charge is -2.08. The van der Waals surface area contributed by atoms with Gasteiger partial charge in [0.15, 0.2) is 17.0 Å².